The summed E-state index contributed by atoms with van der Waals surface area (Å²) in [5.74, 6) is -0.308. The Kier molecular flexibility index (Phi) is 9.23. The van der Waals surface area contributed by atoms with Crippen LogP contribution < -0.4 is 5.56 Å². The molecule has 1 fully saturated rings. The van der Waals surface area contributed by atoms with Gasteiger partial charge in [0.15, 0.2) is 5.76 Å². The van der Waals surface area contributed by atoms with Crippen LogP contribution in [0.4, 0.5) is 0 Å². The van der Waals surface area contributed by atoms with E-state index in [1.807, 2.05) is 56.0 Å². The van der Waals surface area contributed by atoms with E-state index in [4.69, 9.17) is 19.3 Å². The van der Waals surface area contributed by atoms with Gasteiger partial charge in [0.25, 0.3) is 11.5 Å². The van der Waals surface area contributed by atoms with E-state index >= 15 is 0 Å². The molecule has 2 aromatic rings. The van der Waals surface area contributed by atoms with Crippen molar-refractivity contribution in [1.29, 1.82) is 0 Å². The standard InChI is InChI=1S/C28H39N3O6/c1-20-26(28(34)31(30(20)3)23-12-8-5-9-13-23)21-18-24(27(33)29(2)22-10-6-4-7-11-22)37-25(19-21)36-17-16-35-15-14-32/h5,8-9,12-13,18,21-22,25,32H,4,6-7,10-11,14-17,19H2,1-3H3/t21-,25+/m1/s1. The Morgan fingerprint density at radius 1 is 1.14 bits per heavy atom. The lowest BCUT2D eigenvalue weighted by Crippen LogP contribution is -2.41. The number of aromatic nitrogens is 2. The minimum Gasteiger partial charge on any atom is -0.459 e. The molecule has 9 nitrogen and oxygen atoms in total. The summed E-state index contributed by atoms with van der Waals surface area (Å²) in [4.78, 5) is 29.0. The Morgan fingerprint density at radius 3 is 2.57 bits per heavy atom. The number of amides is 1. The van der Waals surface area contributed by atoms with E-state index in [1.54, 1.807) is 15.7 Å². The number of benzene rings is 1. The summed E-state index contributed by atoms with van der Waals surface area (Å²) in [5, 5.41) is 8.92. The van der Waals surface area contributed by atoms with Gasteiger partial charge in [0, 0.05) is 43.7 Å². The molecule has 1 amide bonds. The number of carbonyl (C=O) groups is 1. The van der Waals surface area contributed by atoms with Gasteiger partial charge in [-0.15, -0.1) is 0 Å². The van der Waals surface area contributed by atoms with Crippen LogP contribution in [-0.4, -0.2) is 71.1 Å². The highest BCUT2D eigenvalue weighted by Crippen LogP contribution is 2.33. The molecule has 202 valence electrons. The molecule has 4 rings (SSSR count). The lowest BCUT2D eigenvalue weighted by Gasteiger charge is -2.34. The molecule has 1 N–H and O–H groups in total. The highest BCUT2D eigenvalue weighted by Gasteiger charge is 2.35. The number of hydrogen-bond donors (Lipinski definition) is 1. The SMILES string of the molecule is Cc1c([C@@H]2C=C(C(=O)N(C)C3CCCCC3)O[C@H](OCCOCCO)C2)c(=O)n(-c2ccccc2)n1C. The van der Waals surface area contributed by atoms with Gasteiger partial charge >= 0.3 is 0 Å². The van der Waals surface area contributed by atoms with Crippen molar-refractivity contribution < 1.29 is 24.1 Å². The Balaban J connectivity index is 1.63. The summed E-state index contributed by atoms with van der Waals surface area (Å²) in [5.41, 5.74) is 2.12. The first-order chi connectivity index (χ1) is 17.9. The number of rotatable bonds is 10. The maximum atomic E-state index is 13.7. The third-order valence-electron chi connectivity index (χ3n) is 7.45. The van der Waals surface area contributed by atoms with Gasteiger partial charge in [-0.2, -0.15) is 0 Å². The zero-order valence-electron chi connectivity index (χ0n) is 22.1. The normalized spacial score (nSPS) is 20.4. The molecule has 1 saturated carbocycles. The number of nitrogens with zero attached hydrogens (tertiary/aromatic N) is 3. The summed E-state index contributed by atoms with van der Waals surface area (Å²) in [6.45, 7) is 2.64. The molecule has 1 aromatic carbocycles. The maximum absolute atomic E-state index is 13.7. The molecule has 37 heavy (non-hydrogen) atoms. The predicted molar refractivity (Wildman–Crippen MR) is 140 cm³/mol. The zero-order valence-corrected chi connectivity index (χ0v) is 22.1. The molecule has 2 atom stereocenters. The van der Waals surface area contributed by atoms with Crippen LogP contribution in [0.5, 0.6) is 0 Å². The Morgan fingerprint density at radius 2 is 1.86 bits per heavy atom. The Labute approximate surface area is 218 Å². The number of hydrogen-bond acceptors (Lipinski definition) is 6. The van der Waals surface area contributed by atoms with Crippen LogP contribution in [-0.2, 0) is 26.1 Å². The highest BCUT2D eigenvalue weighted by molar-refractivity contribution is 5.91. The lowest BCUT2D eigenvalue weighted by atomic mass is 9.92. The third kappa shape index (κ3) is 6.17. The van der Waals surface area contributed by atoms with E-state index in [0.29, 0.717) is 18.6 Å². The van der Waals surface area contributed by atoms with Crippen molar-refractivity contribution in [3.05, 3.63) is 63.8 Å². The molecule has 1 aliphatic heterocycles. The molecule has 2 aliphatic rings. The van der Waals surface area contributed by atoms with Crippen molar-refractivity contribution in [2.75, 3.05) is 33.5 Å². The fourth-order valence-corrected chi connectivity index (χ4v) is 5.34. The second-order valence-corrected chi connectivity index (χ2v) is 9.81. The van der Waals surface area contributed by atoms with E-state index < -0.39 is 6.29 Å². The molecule has 1 aromatic heterocycles. The molecule has 0 bridgehead atoms. The predicted octanol–water partition coefficient (Wildman–Crippen LogP) is 3.01. The summed E-state index contributed by atoms with van der Waals surface area (Å²) < 4.78 is 20.8. The van der Waals surface area contributed by atoms with Crippen molar-refractivity contribution in [2.45, 2.75) is 63.7 Å². The first-order valence-corrected chi connectivity index (χ1v) is 13.2. The average molecular weight is 514 g/mol. The number of aliphatic hydroxyl groups excluding tert-OH is 1. The Bertz CT molecular complexity index is 1130. The summed E-state index contributed by atoms with van der Waals surface area (Å²) in [6.07, 6.45) is 6.91. The highest BCUT2D eigenvalue weighted by atomic mass is 16.7. The minimum atomic E-state index is -0.699. The van der Waals surface area contributed by atoms with E-state index in [2.05, 4.69) is 0 Å². The van der Waals surface area contributed by atoms with Crippen molar-refractivity contribution in [3.63, 3.8) is 0 Å². The topological polar surface area (TPSA) is 95.2 Å². The zero-order chi connectivity index (χ0) is 26.4. The van der Waals surface area contributed by atoms with Gasteiger partial charge in [0.05, 0.1) is 32.1 Å². The van der Waals surface area contributed by atoms with E-state index in [9.17, 15) is 9.59 Å². The molecule has 2 heterocycles. The van der Waals surface area contributed by atoms with Crippen LogP contribution in [0.1, 0.15) is 55.7 Å². The van der Waals surface area contributed by atoms with Gasteiger partial charge in [-0.25, -0.2) is 4.68 Å². The molecule has 1 aliphatic carbocycles. The van der Waals surface area contributed by atoms with Crippen LogP contribution in [0.15, 0.2) is 47.0 Å². The first kappa shape index (κ1) is 27.2. The summed E-state index contributed by atoms with van der Waals surface area (Å²) >= 11 is 0. The average Bonchev–Trinajstić information content (AvgIpc) is 3.15. The van der Waals surface area contributed by atoms with Gasteiger partial charge in [0.2, 0.25) is 6.29 Å². The van der Waals surface area contributed by atoms with Crippen LogP contribution in [0.3, 0.4) is 0 Å². The number of aliphatic hydroxyl groups is 1. The number of para-hydroxylation sites is 1. The number of allylic oxidation sites excluding steroid dienone is 1. The molecule has 9 heteroatoms. The quantitative estimate of drug-likeness (QED) is 0.491. The summed E-state index contributed by atoms with van der Waals surface area (Å²) in [6, 6.07) is 9.70. The number of ether oxygens (including phenoxy) is 3. The second kappa shape index (κ2) is 12.6. The molecule has 0 radical (unpaired) electrons. The van der Waals surface area contributed by atoms with Gasteiger partial charge < -0.3 is 24.2 Å². The van der Waals surface area contributed by atoms with E-state index in [1.165, 1.54) is 6.42 Å². The number of carbonyl (C=O) groups excluding carboxylic acids is 1. The smallest absolute Gasteiger partial charge is 0.288 e. The van der Waals surface area contributed by atoms with Crippen molar-refractivity contribution in [3.8, 4) is 5.69 Å². The largest absolute Gasteiger partial charge is 0.459 e. The minimum absolute atomic E-state index is 0.0577. The van der Waals surface area contributed by atoms with Crippen LogP contribution in [0.25, 0.3) is 5.69 Å². The van der Waals surface area contributed by atoms with E-state index in [0.717, 1.165) is 37.1 Å². The van der Waals surface area contributed by atoms with Crippen molar-refractivity contribution >= 4 is 5.91 Å². The fourth-order valence-electron chi connectivity index (χ4n) is 5.34. The van der Waals surface area contributed by atoms with Gasteiger partial charge in [-0.05, 0) is 38.0 Å². The van der Waals surface area contributed by atoms with Crippen LogP contribution in [0.2, 0.25) is 0 Å². The Hall–Kier alpha value is -2.88. The van der Waals surface area contributed by atoms with Gasteiger partial charge in [0.1, 0.15) is 0 Å². The second-order valence-electron chi connectivity index (χ2n) is 9.81. The maximum Gasteiger partial charge on any atom is 0.288 e. The molecule has 0 spiro atoms. The number of likely N-dealkylation sites (N-methyl/N-ethyl adjacent to an activating group) is 1. The van der Waals surface area contributed by atoms with Gasteiger partial charge in [-0.3, -0.25) is 14.3 Å². The molecule has 0 unspecified atom stereocenters. The third-order valence-corrected chi connectivity index (χ3v) is 7.45. The molecular weight excluding hydrogens is 474 g/mol. The van der Waals surface area contributed by atoms with Crippen LogP contribution in [0, 0.1) is 6.92 Å². The van der Waals surface area contributed by atoms with Gasteiger partial charge in [-0.1, -0.05) is 37.5 Å². The lowest BCUT2D eigenvalue weighted by molar-refractivity contribution is -0.157. The summed E-state index contributed by atoms with van der Waals surface area (Å²) in [7, 11) is 3.70. The van der Waals surface area contributed by atoms with Crippen molar-refractivity contribution in [2.24, 2.45) is 7.05 Å². The van der Waals surface area contributed by atoms with Crippen LogP contribution >= 0.6 is 0 Å². The molecule has 0 saturated heterocycles. The molecular formula is C28H39N3O6. The monoisotopic (exact) mass is 513 g/mol. The first-order valence-electron chi connectivity index (χ1n) is 13.2. The van der Waals surface area contributed by atoms with E-state index in [-0.39, 0.29) is 49.0 Å². The fraction of sp³-hybridized carbons (Fsp3) is 0.571. The van der Waals surface area contributed by atoms with Crippen molar-refractivity contribution in [1.82, 2.24) is 14.3 Å².